The topological polar surface area (TPSA) is 15.3 Å². The maximum absolute atomic E-state index is 3.55. The molecule has 2 aliphatic rings. The number of likely N-dealkylation sites (tertiary alicyclic amines) is 1. The Morgan fingerprint density at radius 2 is 1.85 bits per heavy atom. The first kappa shape index (κ1) is 14.1. The van der Waals surface area contributed by atoms with Gasteiger partial charge >= 0.3 is 0 Å². The van der Waals surface area contributed by atoms with E-state index < -0.39 is 0 Å². The van der Waals surface area contributed by atoms with E-state index in [1.807, 2.05) is 0 Å². The summed E-state index contributed by atoms with van der Waals surface area (Å²) in [5.74, 6) is 0.972. The maximum Gasteiger partial charge on any atom is 0.0473 e. The number of rotatable bonds is 4. The molecule has 1 saturated carbocycles. The van der Waals surface area contributed by atoms with Crippen LogP contribution in [-0.2, 0) is 0 Å². The van der Waals surface area contributed by atoms with Gasteiger partial charge in [0.1, 0.15) is 0 Å². The average molecular weight is 272 g/mol. The predicted molar refractivity (Wildman–Crippen MR) is 84.8 cm³/mol. The van der Waals surface area contributed by atoms with Crippen molar-refractivity contribution < 1.29 is 0 Å². The quantitative estimate of drug-likeness (QED) is 0.901. The molecule has 1 N–H and O–H groups in total. The van der Waals surface area contributed by atoms with Crippen LogP contribution in [0.2, 0.25) is 0 Å². The molecule has 0 bridgehead atoms. The van der Waals surface area contributed by atoms with Gasteiger partial charge in [-0.3, -0.25) is 4.90 Å². The van der Waals surface area contributed by atoms with E-state index in [9.17, 15) is 0 Å². The van der Waals surface area contributed by atoms with Crippen LogP contribution >= 0.6 is 0 Å². The third-order valence-electron chi connectivity index (χ3n) is 5.51. The van der Waals surface area contributed by atoms with E-state index in [1.54, 1.807) is 0 Å². The second kappa shape index (κ2) is 6.28. The second-order valence-electron chi connectivity index (χ2n) is 6.56. The molecule has 20 heavy (non-hydrogen) atoms. The molecule has 1 saturated heterocycles. The Balaban J connectivity index is 1.77. The summed E-state index contributed by atoms with van der Waals surface area (Å²) in [5.41, 5.74) is 1.42. The van der Waals surface area contributed by atoms with Crippen LogP contribution in [0.4, 0.5) is 0 Å². The first-order chi connectivity index (χ1) is 9.81. The lowest BCUT2D eigenvalue weighted by Crippen LogP contribution is -2.51. The highest BCUT2D eigenvalue weighted by atomic mass is 15.2. The number of nitrogens with zero attached hydrogens (tertiary/aromatic N) is 1. The van der Waals surface area contributed by atoms with Gasteiger partial charge in [-0.15, -0.1) is 0 Å². The fourth-order valence-corrected chi connectivity index (χ4v) is 4.54. The number of fused-ring (bicyclic) bond motifs is 1. The van der Waals surface area contributed by atoms with Crippen LogP contribution in [0.25, 0.3) is 0 Å². The zero-order valence-corrected chi connectivity index (χ0v) is 12.9. The van der Waals surface area contributed by atoms with E-state index in [-0.39, 0.29) is 0 Å². The lowest BCUT2D eigenvalue weighted by Gasteiger charge is -2.44. The van der Waals surface area contributed by atoms with E-state index in [2.05, 4.69) is 54.5 Å². The fourth-order valence-electron chi connectivity index (χ4n) is 4.54. The lowest BCUT2D eigenvalue weighted by molar-refractivity contribution is 0.0579. The molecule has 4 atom stereocenters. The number of hydrogen-bond donors (Lipinski definition) is 1. The highest BCUT2D eigenvalue weighted by molar-refractivity contribution is 5.20. The summed E-state index contributed by atoms with van der Waals surface area (Å²) in [5, 5.41) is 3.55. The molecule has 4 unspecified atom stereocenters. The predicted octanol–water partition coefficient (Wildman–Crippen LogP) is 3.60. The second-order valence-corrected chi connectivity index (χ2v) is 6.56. The first-order valence-corrected chi connectivity index (χ1v) is 8.29. The molecule has 3 rings (SSSR count). The molecule has 0 aromatic heterocycles. The number of benzene rings is 1. The fraction of sp³-hybridized carbons (Fsp3) is 0.667. The van der Waals surface area contributed by atoms with Crippen molar-refractivity contribution in [2.45, 2.75) is 57.2 Å². The number of hydrogen-bond acceptors (Lipinski definition) is 2. The molecule has 0 radical (unpaired) electrons. The lowest BCUT2D eigenvalue weighted by atomic mass is 9.88. The molecule has 1 aromatic rings. The summed E-state index contributed by atoms with van der Waals surface area (Å²) in [4.78, 5) is 2.80. The van der Waals surface area contributed by atoms with Crippen molar-refractivity contribution in [3.05, 3.63) is 35.9 Å². The zero-order chi connectivity index (χ0) is 13.9. The Bertz CT molecular complexity index is 417. The van der Waals surface area contributed by atoms with Gasteiger partial charge in [0.25, 0.3) is 0 Å². The highest BCUT2D eigenvalue weighted by Gasteiger charge is 2.38. The summed E-state index contributed by atoms with van der Waals surface area (Å²) < 4.78 is 0. The molecule has 1 aliphatic carbocycles. The van der Waals surface area contributed by atoms with Crippen molar-refractivity contribution in [3.63, 3.8) is 0 Å². The van der Waals surface area contributed by atoms with Gasteiger partial charge in [0.05, 0.1) is 0 Å². The Morgan fingerprint density at radius 1 is 1.10 bits per heavy atom. The van der Waals surface area contributed by atoms with Gasteiger partial charge in [-0.1, -0.05) is 36.8 Å². The first-order valence-electron chi connectivity index (χ1n) is 8.29. The molecular formula is C18H28N2. The third-order valence-corrected chi connectivity index (χ3v) is 5.51. The molecule has 1 aliphatic heterocycles. The summed E-state index contributed by atoms with van der Waals surface area (Å²) in [7, 11) is 2.10. The number of likely N-dealkylation sites (N-methyl/N-ethyl adjacent to an activating group) is 1. The summed E-state index contributed by atoms with van der Waals surface area (Å²) in [6.45, 7) is 3.70. The van der Waals surface area contributed by atoms with E-state index in [0.717, 1.165) is 12.0 Å². The maximum atomic E-state index is 3.55. The smallest absolute Gasteiger partial charge is 0.0473 e. The molecule has 0 spiro atoms. The van der Waals surface area contributed by atoms with Crippen molar-refractivity contribution in [1.82, 2.24) is 10.2 Å². The van der Waals surface area contributed by atoms with Crippen LogP contribution in [0.15, 0.2) is 30.3 Å². The average Bonchev–Trinajstić information content (AvgIpc) is 2.97. The highest BCUT2D eigenvalue weighted by Crippen LogP contribution is 2.39. The van der Waals surface area contributed by atoms with Crippen LogP contribution in [0, 0.1) is 5.92 Å². The molecule has 1 aromatic carbocycles. The largest absolute Gasteiger partial charge is 0.312 e. The third kappa shape index (κ3) is 2.64. The molecule has 110 valence electrons. The van der Waals surface area contributed by atoms with Crippen molar-refractivity contribution >= 4 is 0 Å². The van der Waals surface area contributed by atoms with E-state index in [0.29, 0.717) is 12.1 Å². The minimum absolute atomic E-state index is 0.440. The molecule has 2 nitrogen and oxygen atoms in total. The van der Waals surface area contributed by atoms with Gasteiger partial charge in [-0.05, 0) is 57.7 Å². The molecule has 2 heteroatoms. The van der Waals surface area contributed by atoms with Gasteiger partial charge in [0.15, 0.2) is 0 Å². The van der Waals surface area contributed by atoms with Gasteiger partial charge in [0, 0.05) is 18.1 Å². The van der Waals surface area contributed by atoms with Crippen LogP contribution in [0.5, 0.6) is 0 Å². The summed E-state index contributed by atoms with van der Waals surface area (Å²) in [6.07, 6.45) is 7.16. The van der Waals surface area contributed by atoms with E-state index in [4.69, 9.17) is 0 Å². The van der Waals surface area contributed by atoms with Crippen molar-refractivity contribution in [2.24, 2.45) is 5.92 Å². The van der Waals surface area contributed by atoms with Gasteiger partial charge in [-0.25, -0.2) is 0 Å². The van der Waals surface area contributed by atoms with Gasteiger partial charge in [0.2, 0.25) is 0 Å². The van der Waals surface area contributed by atoms with Gasteiger partial charge < -0.3 is 5.32 Å². The molecule has 2 fully saturated rings. The zero-order valence-electron chi connectivity index (χ0n) is 12.9. The number of piperidine rings is 1. The minimum atomic E-state index is 0.440. The monoisotopic (exact) mass is 272 g/mol. The van der Waals surface area contributed by atoms with Crippen molar-refractivity contribution in [2.75, 3.05) is 13.6 Å². The minimum Gasteiger partial charge on any atom is -0.312 e. The van der Waals surface area contributed by atoms with Crippen molar-refractivity contribution in [1.29, 1.82) is 0 Å². The Hall–Kier alpha value is -0.860. The van der Waals surface area contributed by atoms with E-state index in [1.165, 1.54) is 44.2 Å². The Kier molecular flexibility index (Phi) is 4.42. The molecule has 0 amide bonds. The summed E-state index contributed by atoms with van der Waals surface area (Å²) >= 11 is 0. The normalized spacial score (nSPS) is 29.9. The standard InChI is InChI=1S/C18H28N2/c1-14(18(19-2)16-8-4-3-5-9-16)20-13-7-11-15-10-6-12-17(15)20/h3-5,8-9,14-15,17-19H,6-7,10-13H2,1-2H3. The van der Waals surface area contributed by atoms with Crippen molar-refractivity contribution in [3.8, 4) is 0 Å². The SMILES string of the molecule is CNC(c1ccccc1)C(C)N1CCCC2CCCC21. The molecular weight excluding hydrogens is 244 g/mol. The van der Waals surface area contributed by atoms with Crippen LogP contribution in [-0.4, -0.2) is 30.6 Å². The summed E-state index contributed by atoms with van der Waals surface area (Å²) in [6, 6.07) is 12.8. The Labute approximate surface area is 123 Å². The molecule has 1 heterocycles. The van der Waals surface area contributed by atoms with Crippen LogP contribution in [0.1, 0.15) is 50.6 Å². The Morgan fingerprint density at radius 3 is 2.60 bits per heavy atom. The van der Waals surface area contributed by atoms with Crippen LogP contribution < -0.4 is 5.32 Å². The van der Waals surface area contributed by atoms with Gasteiger partial charge in [-0.2, -0.15) is 0 Å². The number of nitrogens with one attached hydrogen (secondary N) is 1. The van der Waals surface area contributed by atoms with Crippen LogP contribution in [0.3, 0.4) is 0 Å². The van der Waals surface area contributed by atoms with E-state index >= 15 is 0 Å².